The second-order valence-electron chi connectivity index (χ2n) is 15.7. The topological polar surface area (TPSA) is 68.3 Å². The maximum Gasteiger partial charge on any atom is 0.402 e. The number of alkyl halides is 5. The van der Waals surface area contributed by atoms with Gasteiger partial charge in [0.15, 0.2) is 11.6 Å². The van der Waals surface area contributed by atoms with Crippen LogP contribution in [0.3, 0.4) is 0 Å². The molecule has 1 spiro atoms. The van der Waals surface area contributed by atoms with Crippen LogP contribution in [0.5, 0.6) is 5.75 Å². The van der Waals surface area contributed by atoms with Crippen LogP contribution in [0.2, 0.25) is 0 Å². The number of ether oxygens (including phenoxy) is 3. The average molecular weight is 731 g/mol. The third kappa shape index (κ3) is 7.95. The Bertz CT molecular complexity index is 1620. The Morgan fingerprint density at radius 2 is 1.61 bits per heavy atom. The standard InChI is InChI=1S/C37H45F7N2O5/c1-33(2,3)51-31(47)29-23(8-7-9-26(29)22-10-12-36(40,41)13-11-22)17-50-18-24-16-45(25-14-27(38)30(39)28(15-25)49-6)19-35(24)20-46(21-35)32(48)34(4,5)37(42,43)44/h7-9,14-15,22,24H,10-13,16-21H2,1-6H3/t24-/m0/s1. The highest BCUT2D eigenvalue weighted by Crippen LogP contribution is 2.49. The molecule has 1 saturated carbocycles. The van der Waals surface area contributed by atoms with E-state index in [4.69, 9.17) is 14.2 Å². The van der Waals surface area contributed by atoms with E-state index in [9.17, 15) is 40.3 Å². The highest BCUT2D eigenvalue weighted by Gasteiger charge is 2.61. The Kier molecular flexibility index (Phi) is 10.4. The van der Waals surface area contributed by atoms with Crippen molar-refractivity contribution in [1.82, 2.24) is 4.90 Å². The molecule has 3 aliphatic rings. The molecule has 51 heavy (non-hydrogen) atoms. The normalized spacial score (nSPS) is 20.8. The van der Waals surface area contributed by atoms with Gasteiger partial charge < -0.3 is 24.0 Å². The van der Waals surface area contributed by atoms with E-state index in [0.717, 1.165) is 24.8 Å². The van der Waals surface area contributed by atoms with Gasteiger partial charge in [-0.2, -0.15) is 17.6 Å². The molecular weight excluding hydrogens is 685 g/mol. The number of carbonyl (C=O) groups is 2. The van der Waals surface area contributed by atoms with Gasteiger partial charge in [-0.1, -0.05) is 18.2 Å². The van der Waals surface area contributed by atoms with E-state index < -0.39 is 52.0 Å². The molecule has 3 fully saturated rings. The summed E-state index contributed by atoms with van der Waals surface area (Å²) in [6, 6.07) is 7.54. The van der Waals surface area contributed by atoms with E-state index in [2.05, 4.69) is 0 Å². The van der Waals surface area contributed by atoms with Crippen LogP contribution in [0, 0.1) is 28.4 Å². The number of halogens is 7. The lowest BCUT2D eigenvalue weighted by molar-refractivity contribution is -0.223. The summed E-state index contributed by atoms with van der Waals surface area (Å²) in [7, 11) is 1.20. The fourth-order valence-electron chi connectivity index (χ4n) is 7.39. The summed E-state index contributed by atoms with van der Waals surface area (Å²) in [6.45, 7) is 7.27. The Labute approximate surface area is 293 Å². The average Bonchev–Trinajstić information content (AvgIpc) is 3.39. The lowest BCUT2D eigenvalue weighted by Gasteiger charge is -2.52. The van der Waals surface area contributed by atoms with Gasteiger partial charge in [0.1, 0.15) is 11.0 Å². The quantitative estimate of drug-likeness (QED) is 0.191. The van der Waals surface area contributed by atoms with E-state index in [1.165, 1.54) is 13.2 Å². The molecule has 282 valence electrons. The van der Waals surface area contributed by atoms with Crippen LogP contribution >= 0.6 is 0 Å². The summed E-state index contributed by atoms with van der Waals surface area (Å²) >= 11 is 0. The zero-order valence-corrected chi connectivity index (χ0v) is 29.7. The van der Waals surface area contributed by atoms with E-state index in [0.29, 0.717) is 16.8 Å². The molecule has 2 saturated heterocycles. The van der Waals surface area contributed by atoms with Crippen molar-refractivity contribution in [3.05, 3.63) is 58.7 Å². The van der Waals surface area contributed by atoms with Gasteiger partial charge in [0.2, 0.25) is 17.6 Å². The summed E-state index contributed by atoms with van der Waals surface area (Å²) in [4.78, 5) is 29.5. The van der Waals surface area contributed by atoms with Gasteiger partial charge in [0.25, 0.3) is 0 Å². The Balaban J connectivity index is 1.39. The van der Waals surface area contributed by atoms with E-state index >= 15 is 0 Å². The summed E-state index contributed by atoms with van der Waals surface area (Å²) in [5.74, 6) is -7.69. The van der Waals surface area contributed by atoms with Gasteiger partial charge >= 0.3 is 12.1 Å². The number of methoxy groups -OCH3 is 1. The summed E-state index contributed by atoms with van der Waals surface area (Å²) < 4.78 is 115. The number of esters is 1. The fourth-order valence-corrected chi connectivity index (χ4v) is 7.39. The van der Waals surface area contributed by atoms with Crippen molar-refractivity contribution in [2.24, 2.45) is 16.7 Å². The maximum absolute atomic E-state index is 14.5. The van der Waals surface area contributed by atoms with Crippen molar-refractivity contribution < 1.29 is 54.5 Å². The molecule has 0 unspecified atom stereocenters. The number of amides is 1. The number of likely N-dealkylation sites (tertiary alicyclic amines) is 1. The second-order valence-corrected chi connectivity index (χ2v) is 15.7. The first-order valence-corrected chi connectivity index (χ1v) is 17.0. The molecule has 0 aromatic heterocycles. The Morgan fingerprint density at radius 3 is 2.20 bits per heavy atom. The van der Waals surface area contributed by atoms with Crippen LogP contribution < -0.4 is 9.64 Å². The van der Waals surface area contributed by atoms with Gasteiger partial charge in [-0.25, -0.2) is 18.0 Å². The second kappa shape index (κ2) is 13.8. The molecule has 1 amide bonds. The SMILES string of the molecule is COc1cc(N2C[C@@H](COCc3cccc(C4CCC(F)(F)CC4)c3C(=O)OC(C)(C)C)C3(CN(C(=O)C(C)(C)C(F)(F)F)C3)C2)cc(F)c1F. The Hall–Kier alpha value is -3.55. The lowest BCUT2D eigenvalue weighted by Crippen LogP contribution is -2.66. The van der Waals surface area contributed by atoms with E-state index in [1.54, 1.807) is 43.9 Å². The molecular formula is C37H45F7N2O5. The predicted octanol–water partition coefficient (Wildman–Crippen LogP) is 8.29. The number of hydrogen-bond acceptors (Lipinski definition) is 6. The molecule has 2 aromatic carbocycles. The minimum absolute atomic E-state index is 0.0123. The summed E-state index contributed by atoms with van der Waals surface area (Å²) in [5, 5.41) is 0. The molecule has 0 radical (unpaired) electrons. The predicted molar refractivity (Wildman–Crippen MR) is 175 cm³/mol. The van der Waals surface area contributed by atoms with Gasteiger partial charge in [-0.3, -0.25) is 4.79 Å². The number of hydrogen-bond donors (Lipinski definition) is 0. The number of carbonyl (C=O) groups excluding carboxylic acids is 2. The minimum Gasteiger partial charge on any atom is -0.493 e. The zero-order valence-electron chi connectivity index (χ0n) is 29.7. The monoisotopic (exact) mass is 730 g/mol. The summed E-state index contributed by atoms with van der Waals surface area (Å²) in [5.41, 5.74) is -2.52. The first-order chi connectivity index (χ1) is 23.6. The van der Waals surface area contributed by atoms with Crippen molar-refractivity contribution >= 4 is 17.6 Å². The number of anilines is 1. The van der Waals surface area contributed by atoms with Crippen LogP contribution in [-0.2, 0) is 20.9 Å². The van der Waals surface area contributed by atoms with Crippen molar-refractivity contribution in [1.29, 1.82) is 0 Å². The fraction of sp³-hybridized carbons (Fsp3) is 0.622. The van der Waals surface area contributed by atoms with Gasteiger partial charge in [0, 0.05) is 68.2 Å². The third-order valence-corrected chi connectivity index (χ3v) is 10.4. The highest BCUT2D eigenvalue weighted by atomic mass is 19.4. The first-order valence-electron chi connectivity index (χ1n) is 17.0. The molecule has 0 bridgehead atoms. The maximum atomic E-state index is 14.5. The lowest BCUT2D eigenvalue weighted by atomic mass is 9.70. The van der Waals surface area contributed by atoms with Crippen LogP contribution in [0.4, 0.5) is 36.4 Å². The van der Waals surface area contributed by atoms with Crippen molar-refractivity contribution in [3.8, 4) is 5.75 Å². The molecule has 7 nitrogen and oxygen atoms in total. The van der Waals surface area contributed by atoms with Crippen molar-refractivity contribution in [2.75, 3.05) is 44.8 Å². The molecule has 2 aromatic rings. The molecule has 1 atom stereocenters. The molecule has 2 aliphatic heterocycles. The van der Waals surface area contributed by atoms with Crippen LogP contribution in [0.15, 0.2) is 30.3 Å². The van der Waals surface area contributed by atoms with Gasteiger partial charge in [-0.05, 0) is 64.5 Å². The van der Waals surface area contributed by atoms with Crippen LogP contribution in [0.1, 0.15) is 87.7 Å². The molecule has 2 heterocycles. The first kappa shape index (κ1) is 38.7. The van der Waals surface area contributed by atoms with Crippen LogP contribution in [-0.4, -0.2) is 74.4 Å². The van der Waals surface area contributed by atoms with E-state index in [-0.39, 0.29) is 88.2 Å². The minimum atomic E-state index is -4.77. The Morgan fingerprint density at radius 1 is 0.961 bits per heavy atom. The highest BCUT2D eigenvalue weighted by molar-refractivity contribution is 5.93. The van der Waals surface area contributed by atoms with Gasteiger partial charge in [-0.15, -0.1) is 0 Å². The van der Waals surface area contributed by atoms with Crippen molar-refractivity contribution in [3.63, 3.8) is 0 Å². The molecule has 14 heteroatoms. The largest absolute Gasteiger partial charge is 0.493 e. The van der Waals surface area contributed by atoms with Gasteiger partial charge in [0.05, 0.1) is 25.9 Å². The number of benzene rings is 2. The third-order valence-electron chi connectivity index (χ3n) is 10.4. The summed E-state index contributed by atoms with van der Waals surface area (Å²) in [6.07, 6.45) is -4.96. The molecule has 0 N–H and O–H groups in total. The smallest absolute Gasteiger partial charge is 0.402 e. The number of nitrogens with zero attached hydrogens (tertiary/aromatic N) is 2. The number of rotatable bonds is 9. The molecule has 1 aliphatic carbocycles. The van der Waals surface area contributed by atoms with E-state index in [1.807, 2.05) is 0 Å². The zero-order chi connectivity index (χ0) is 37.7. The van der Waals surface area contributed by atoms with Crippen LogP contribution in [0.25, 0.3) is 0 Å². The molecule has 5 rings (SSSR count). The van der Waals surface area contributed by atoms with Crippen molar-refractivity contribution in [2.45, 2.75) is 90.5 Å².